The third kappa shape index (κ3) is 3.17. The minimum atomic E-state index is -0.0350. The molecule has 2 amide bonds. The SMILES string of the molecule is CCN1CCN(C(=O)Nc2ccccc2S)CC1. The average molecular weight is 265 g/mol. The molecule has 18 heavy (non-hydrogen) atoms. The lowest BCUT2D eigenvalue weighted by Crippen LogP contribution is -2.49. The molecule has 1 N–H and O–H groups in total. The molecule has 1 heterocycles. The van der Waals surface area contributed by atoms with Crippen LogP contribution in [0.4, 0.5) is 10.5 Å². The summed E-state index contributed by atoms with van der Waals surface area (Å²) in [6, 6.07) is 7.49. The van der Waals surface area contributed by atoms with E-state index in [1.165, 1.54) is 0 Å². The van der Waals surface area contributed by atoms with Crippen LogP contribution in [0.3, 0.4) is 0 Å². The first kappa shape index (κ1) is 13.2. The summed E-state index contributed by atoms with van der Waals surface area (Å²) in [6.45, 7) is 6.67. The van der Waals surface area contributed by atoms with E-state index < -0.39 is 0 Å². The topological polar surface area (TPSA) is 35.6 Å². The number of likely N-dealkylation sites (N-methyl/N-ethyl adjacent to an activating group) is 1. The lowest BCUT2D eigenvalue weighted by Gasteiger charge is -2.34. The lowest BCUT2D eigenvalue weighted by atomic mass is 10.3. The van der Waals surface area contributed by atoms with Crippen molar-refractivity contribution >= 4 is 24.3 Å². The normalized spacial score (nSPS) is 16.7. The number of thiol groups is 1. The fourth-order valence-corrected chi connectivity index (χ4v) is 2.26. The van der Waals surface area contributed by atoms with Crippen molar-refractivity contribution in [3.05, 3.63) is 24.3 Å². The Labute approximate surface area is 113 Å². The Morgan fingerprint density at radius 3 is 2.56 bits per heavy atom. The Balaban J connectivity index is 1.91. The van der Waals surface area contributed by atoms with Gasteiger partial charge < -0.3 is 15.1 Å². The van der Waals surface area contributed by atoms with Gasteiger partial charge >= 0.3 is 6.03 Å². The van der Waals surface area contributed by atoms with Gasteiger partial charge in [-0.15, -0.1) is 12.6 Å². The summed E-state index contributed by atoms with van der Waals surface area (Å²) in [5.74, 6) is 0. The van der Waals surface area contributed by atoms with Crippen molar-refractivity contribution in [2.75, 3.05) is 38.0 Å². The van der Waals surface area contributed by atoms with Crippen LogP contribution >= 0.6 is 12.6 Å². The van der Waals surface area contributed by atoms with Gasteiger partial charge in [0, 0.05) is 31.1 Å². The molecule has 0 aromatic heterocycles. The summed E-state index contributed by atoms with van der Waals surface area (Å²) in [7, 11) is 0. The standard InChI is InChI=1S/C13H19N3OS/c1-2-15-7-9-16(10-8-15)13(17)14-11-5-3-4-6-12(11)18/h3-6,18H,2,7-10H2,1H3,(H,14,17). The number of para-hydroxylation sites is 1. The molecule has 0 spiro atoms. The molecule has 0 radical (unpaired) electrons. The summed E-state index contributed by atoms with van der Waals surface area (Å²) in [4.78, 5) is 17.1. The first-order valence-electron chi connectivity index (χ1n) is 6.27. The number of benzene rings is 1. The minimum absolute atomic E-state index is 0.0350. The van der Waals surface area contributed by atoms with Crippen molar-refractivity contribution in [1.82, 2.24) is 9.80 Å². The number of nitrogens with one attached hydrogen (secondary N) is 1. The van der Waals surface area contributed by atoms with Gasteiger partial charge in [-0.25, -0.2) is 4.79 Å². The Morgan fingerprint density at radius 2 is 1.94 bits per heavy atom. The highest BCUT2D eigenvalue weighted by Gasteiger charge is 2.20. The highest BCUT2D eigenvalue weighted by Crippen LogP contribution is 2.19. The molecule has 0 unspecified atom stereocenters. The molecular formula is C13H19N3OS. The van der Waals surface area contributed by atoms with Gasteiger partial charge in [0.2, 0.25) is 0 Å². The van der Waals surface area contributed by atoms with Crippen molar-refractivity contribution in [3.63, 3.8) is 0 Å². The Kier molecular flexibility index (Phi) is 4.49. The number of anilines is 1. The summed E-state index contributed by atoms with van der Waals surface area (Å²) >= 11 is 4.32. The number of carbonyl (C=O) groups excluding carboxylic acids is 1. The van der Waals surface area contributed by atoms with E-state index in [4.69, 9.17) is 0 Å². The number of amides is 2. The number of nitrogens with zero attached hydrogens (tertiary/aromatic N) is 2. The molecule has 0 atom stereocenters. The van der Waals surface area contributed by atoms with Gasteiger partial charge in [-0.2, -0.15) is 0 Å². The minimum Gasteiger partial charge on any atom is -0.322 e. The van der Waals surface area contributed by atoms with E-state index in [1.807, 2.05) is 29.2 Å². The van der Waals surface area contributed by atoms with E-state index in [2.05, 4.69) is 29.8 Å². The monoisotopic (exact) mass is 265 g/mol. The number of urea groups is 1. The molecule has 1 aliphatic rings. The Hall–Kier alpha value is -1.20. The van der Waals surface area contributed by atoms with Gasteiger partial charge in [-0.05, 0) is 18.7 Å². The fraction of sp³-hybridized carbons (Fsp3) is 0.462. The van der Waals surface area contributed by atoms with Gasteiger partial charge in [-0.3, -0.25) is 0 Å². The van der Waals surface area contributed by atoms with Crippen molar-refractivity contribution in [1.29, 1.82) is 0 Å². The maximum atomic E-state index is 12.1. The molecule has 1 fully saturated rings. The van der Waals surface area contributed by atoms with Crippen LogP contribution in [-0.2, 0) is 0 Å². The molecular weight excluding hydrogens is 246 g/mol. The molecule has 1 aromatic rings. The van der Waals surface area contributed by atoms with E-state index in [0.29, 0.717) is 0 Å². The Morgan fingerprint density at radius 1 is 1.28 bits per heavy atom. The first-order chi connectivity index (χ1) is 8.70. The van der Waals surface area contributed by atoms with Crippen LogP contribution in [0, 0.1) is 0 Å². The highest BCUT2D eigenvalue weighted by molar-refractivity contribution is 7.80. The van der Waals surface area contributed by atoms with Crippen LogP contribution < -0.4 is 5.32 Å². The molecule has 1 aromatic carbocycles. The summed E-state index contributed by atoms with van der Waals surface area (Å²) in [5.41, 5.74) is 0.767. The van der Waals surface area contributed by atoms with Gasteiger partial charge in [-0.1, -0.05) is 19.1 Å². The third-order valence-electron chi connectivity index (χ3n) is 3.25. The number of hydrogen-bond donors (Lipinski definition) is 2. The predicted octanol–water partition coefficient (Wildman–Crippen LogP) is 2.14. The smallest absolute Gasteiger partial charge is 0.321 e. The van der Waals surface area contributed by atoms with Crippen molar-refractivity contribution in [2.45, 2.75) is 11.8 Å². The first-order valence-corrected chi connectivity index (χ1v) is 6.71. The predicted molar refractivity (Wildman–Crippen MR) is 76.4 cm³/mol. The van der Waals surface area contributed by atoms with Gasteiger partial charge in [0.25, 0.3) is 0 Å². The average Bonchev–Trinajstić information content (AvgIpc) is 2.41. The molecule has 1 saturated heterocycles. The van der Waals surface area contributed by atoms with Gasteiger partial charge in [0.15, 0.2) is 0 Å². The zero-order valence-corrected chi connectivity index (χ0v) is 11.5. The number of carbonyl (C=O) groups is 1. The largest absolute Gasteiger partial charge is 0.322 e. The van der Waals surface area contributed by atoms with Crippen LogP contribution in [0.15, 0.2) is 29.2 Å². The van der Waals surface area contributed by atoms with Crippen molar-refractivity contribution in [3.8, 4) is 0 Å². The quantitative estimate of drug-likeness (QED) is 0.804. The molecule has 0 aliphatic carbocycles. The molecule has 2 rings (SSSR count). The maximum Gasteiger partial charge on any atom is 0.321 e. The van der Waals surface area contributed by atoms with Gasteiger partial charge in [0.1, 0.15) is 0 Å². The van der Waals surface area contributed by atoms with Crippen molar-refractivity contribution in [2.24, 2.45) is 0 Å². The van der Waals surface area contributed by atoms with Crippen LogP contribution in [0.25, 0.3) is 0 Å². The fourth-order valence-electron chi connectivity index (χ4n) is 2.04. The van der Waals surface area contributed by atoms with Crippen LogP contribution in [-0.4, -0.2) is 48.6 Å². The van der Waals surface area contributed by atoms with Crippen molar-refractivity contribution < 1.29 is 4.79 Å². The molecule has 0 saturated carbocycles. The number of hydrogen-bond acceptors (Lipinski definition) is 3. The maximum absolute atomic E-state index is 12.1. The van der Waals surface area contributed by atoms with Crippen LogP contribution in [0.1, 0.15) is 6.92 Å². The molecule has 1 aliphatic heterocycles. The van der Waals surface area contributed by atoms with E-state index in [9.17, 15) is 4.79 Å². The number of piperazine rings is 1. The van der Waals surface area contributed by atoms with Crippen LogP contribution in [0.2, 0.25) is 0 Å². The van der Waals surface area contributed by atoms with E-state index in [-0.39, 0.29) is 6.03 Å². The summed E-state index contributed by atoms with van der Waals surface area (Å²) < 4.78 is 0. The van der Waals surface area contributed by atoms with E-state index in [0.717, 1.165) is 43.3 Å². The lowest BCUT2D eigenvalue weighted by molar-refractivity contribution is 0.151. The highest BCUT2D eigenvalue weighted by atomic mass is 32.1. The molecule has 4 nitrogen and oxygen atoms in total. The summed E-state index contributed by atoms with van der Waals surface area (Å²) in [6.07, 6.45) is 0. The second-order valence-electron chi connectivity index (χ2n) is 4.37. The third-order valence-corrected chi connectivity index (χ3v) is 3.64. The molecule has 0 bridgehead atoms. The van der Waals surface area contributed by atoms with E-state index >= 15 is 0 Å². The number of rotatable bonds is 2. The second kappa shape index (κ2) is 6.11. The zero-order chi connectivity index (χ0) is 13.0. The molecule has 5 heteroatoms. The van der Waals surface area contributed by atoms with Gasteiger partial charge in [0.05, 0.1) is 5.69 Å². The molecule has 98 valence electrons. The van der Waals surface area contributed by atoms with E-state index in [1.54, 1.807) is 0 Å². The van der Waals surface area contributed by atoms with Crippen LogP contribution in [0.5, 0.6) is 0 Å². The summed E-state index contributed by atoms with van der Waals surface area (Å²) in [5, 5.41) is 2.90. The Bertz CT molecular complexity index is 416. The second-order valence-corrected chi connectivity index (χ2v) is 4.85. The zero-order valence-electron chi connectivity index (χ0n) is 10.6.